The van der Waals surface area contributed by atoms with Crippen LogP contribution >= 0.6 is 0 Å². The summed E-state index contributed by atoms with van der Waals surface area (Å²) in [5.74, 6) is -1.20. The summed E-state index contributed by atoms with van der Waals surface area (Å²) in [6.45, 7) is 3.89. The Bertz CT molecular complexity index is 1040. The monoisotopic (exact) mass is 432 g/mol. The van der Waals surface area contributed by atoms with E-state index in [9.17, 15) is 14.7 Å². The molecule has 1 heterocycles. The van der Waals surface area contributed by atoms with Crippen LogP contribution in [0.5, 0.6) is 5.88 Å². The number of aromatic nitrogens is 1. The van der Waals surface area contributed by atoms with E-state index in [2.05, 4.69) is 34.6 Å². The van der Waals surface area contributed by atoms with Crippen molar-refractivity contribution < 1.29 is 19.4 Å². The van der Waals surface area contributed by atoms with Gasteiger partial charge < -0.3 is 15.2 Å². The van der Waals surface area contributed by atoms with Gasteiger partial charge in [-0.3, -0.25) is 9.59 Å². The fourth-order valence-electron chi connectivity index (χ4n) is 3.58. The zero-order valence-electron chi connectivity index (χ0n) is 18.3. The van der Waals surface area contributed by atoms with E-state index < -0.39 is 0 Å². The van der Waals surface area contributed by atoms with Crippen LogP contribution in [0.2, 0.25) is 0 Å². The van der Waals surface area contributed by atoms with Crippen LogP contribution in [0.3, 0.4) is 0 Å². The lowest BCUT2D eigenvalue weighted by atomic mass is 9.94. The molecule has 2 atom stereocenters. The number of nitrogens with zero attached hydrogens (tertiary/aromatic N) is 1. The first-order valence-electron chi connectivity index (χ1n) is 10.7. The third-order valence-electron chi connectivity index (χ3n) is 5.21. The van der Waals surface area contributed by atoms with Gasteiger partial charge in [0.15, 0.2) is 0 Å². The predicted octanol–water partition coefficient (Wildman–Crippen LogP) is 4.38. The molecule has 1 amide bonds. The van der Waals surface area contributed by atoms with Gasteiger partial charge in [0.1, 0.15) is 0 Å². The molecule has 0 bridgehead atoms. The molecule has 3 rings (SSSR count). The minimum Gasteiger partial charge on any atom is -0.493 e. The number of aromatic hydroxyl groups is 1. The molecule has 0 aliphatic carbocycles. The molecule has 0 unspecified atom stereocenters. The fourth-order valence-corrected chi connectivity index (χ4v) is 3.58. The Balaban J connectivity index is 1.75. The number of ether oxygens (including phenoxy) is 1. The molecule has 1 aromatic heterocycles. The van der Waals surface area contributed by atoms with Gasteiger partial charge in [-0.05, 0) is 42.5 Å². The largest absolute Gasteiger partial charge is 0.493 e. The lowest BCUT2D eigenvalue weighted by Crippen LogP contribution is -2.39. The third kappa shape index (κ3) is 6.41. The van der Waals surface area contributed by atoms with Gasteiger partial charge in [0.25, 0.3) is 5.91 Å². The van der Waals surface area contributed by atoms with Gasteiger partial charge in [-0.1, -0.05) is 61.5 Å². The van der Waals surface area contributed by atoms with Gasteiger partial charge >= 0.3 is 5.97 Å². The van der Waals surface area contributed by atoms with Crippen LogP contribution in [0.25, 0.3) is 11.1 Å². The van der Waals surface area contributed by atoms with Gasteiger partial charge in [0.05, 0.1) is 12.5 Å². The Morgan fingerprint density at radius 2 is 1.72 bits per heavy atom. The average Bonchev–Trinajstić information content (AvgIpc) is 2.80. The number of carbonyl (C=O) groups excluding carboxylic acids is 2. The lowest BCUT2D eigenvalue weighted by molar-refractivity contribution is -0.147. The van der Waals surface area contributed by atoms with E-state index in [4.69, 9.17) is 4.74 Å². The number of hydrogen-bond donors (Lipinski definition) is 2. The number of benzene rings is 2. The summed E-state index contributed by atoms with van der Waals surface area (Å²) in [6.07, 6.45) is 2.37. The van der Waals surface area contributed by atoms with E-state index in [1.54, 1.807) is 13.8 Å². The maximum Gasteiger partial charge on any atom is 0.308 e. The lowest BCUT2D eigenvalue weighted by Gasteiger charge is -2.22. The molecule has 6 heteroatoms. The van der Waals surface area contributed by atoms with Crippen molar-refractivity contribution >= 4 is 11.9 Å². The highest BCUT2D eigenvalue weighted by Gasteiger charge is 2.22. The van der Waals surface area contributed by atoms with E-state index in [0.717, 1.165) is 16.7 Å². The number of esters is 1. The molecule has 166 valence electrons. The van der Waals surface area contributed by atoms with Crippen molar-refractivity contribution in [2.24, 2.45) is 5.92 Å². The number of rotatable bonds is 9. The Kier molecular flexibility index (Phi) is 7.97. The molecular weight excluding hydrogens is 404 g/mol. The topological polar surface area (TPSA) is 88.5 Å². The Morgan fingerprint density at radius 3 is 2.38 bits per heavy atom. The second kappa shape index (κ2) is 11.1. The van der Waals surface area contributed by atoms with E-state index in [0.29, 0.717) is 25.0 Å². The quantitative estimate of drug-likeness (QED) is 0.490. The molecule has 2 N–H and O–H groups in total. The number of pyridine rings is 1. The van der Waals surface area contributed by atoms with Crippen LogP contribution in [0, 0.1) is 5.92 Å². The van der Waals surface area contributed by atoms with Crippen LogP contribution in [-0.2, 0) is 16.0 Å². The van der Waals surface area contributed by atoms with Crippen molar-refractivity contribution in [3.8, 4) is 17.0 Å². The first-order chi connectivity index (χ1) is 15.5. The molecule has 2 aromatic carbocycles. The Labute approximate surface area is 188 Å². The maximum atomic E-state index is 12.7. The molecule has 0 aliphatic rings. The Hall–Kier alpha value is -3.67. The van der Waals surface area contributed by atoms with Gasteiger partial charge in [-0.15, -0.1) is 0 Å². The summed E-state index contributed by atoms with van der Waals surface area (Å²) >= 11 is 0. The highest BCUT2D eigenvalue weighted by molar-refractivity contribution is 5.94. The number of hydrogen-bond acceptors (Lipinski definition) is 5. The van der Waals surface area contributed by atoms with Gasteiger partial charge in [0, 0.05) is 23.9 Å². The van der Waals surface area contributed by atoms with Crippen molar-refractivity contribution in [1.82, 2.24) is 10.3 Å². The average molecular weight is 433 g/mol. The normalized spacial score (nSPS) is 12.6. The number of amides is 1. The van der Waals surface area contributed by atoms with Crippen LogP contribution in [0.1, 0.15) is 36.2 Å². The maximum absolute atomic E-state index is 12.7. The molecular formula is C26H28N2O4. The summed E-state index contributed by atoms with van der Waals surface area (Å²) in [7, 11) is 0. The van der Waals surface area contributed by atoms with Crippen LogP contribution in [0.15, 0.2) is 72.9 Å². The summed E-state index contributed by atoms with van der Waals surface area (Å²) < 4.78 is 5.13. The third-order valence-corrected chi connectivity index (χ3v) is 5.21. The second-order valence-corrected chi connectivity index (χ2v) is 7.73. The van der Waals surface area contributed by atoms with Crippen LogP contribution in [0.4, 0.5) is 0 Å². The number of carbonyl (C=O) groups is 2. The molecule has 0 saturated carbocycles. The number of nitrogens with one attached hydrogen (secondary N) is 1. The molecule has 32 heavy (non-hydrogen) atoms. The van der Waals surface area contributed by atoms with Crippen LogP contribution < -0.4 is 5.32 Å². The zero-order valence-corrected chi connectivity index (χ0v) is 18.3. The highest BCUT2D eigenvalue weighted by Crippen LogP contribution is 2.21. The predicted molar refractivity (Wildman–Crippen MR) is 123 cm³/mol. The standard InChI is InChI=1S/C26H28N2O4/c1-3-32-26(31)18(2)15-23(28-25(30)22-13-14-27-24(29)17-22)16-19-9-11-21(12-10-19)20-7-5-4-6-8-20/h4-14,17-18,23H,3,15-16H2,1-2H3,(H,27,29)(H,28,30)/t18-,23+/m1/s1. The molecule has 0 radical (unpaired) electrons. The molecule has 6 nitrogen and oxygen atoms in total. The molecule has 0 spiro atoms. The van der Waals surface area contributed by atoms with Gasteiger partial charge in [0.2, 0.25) is 5.88 Å². The van der Waals surface area contributed by atoms with Crippen LogP contribution in [-0.4, -0.2) is 34.6 Å². The first kappa shape index (κ1) is 23.0. The van der Waals surface area contributed by atoms with Crippen molar-refractivity contribution in [2.75, 3.05) is 6.61 Å². The summed E-state index contributed by atoms with van der Waals surface area (Å²) in [5.41, 5.74) is 3.61. The minimum atomic E-state index is -0.366. The SMILES string of the molecule is CCOC(=O)[C@H](C)C[C@@H](Cc1ccc(-c2ccccc2)cc1)NC(=O)c1ccnc(O)c1. The minimum absolute atomic E-state index is 0.217. The van der Waals surface area contributed by atoms with Crippen molar-refractivity contribution in [2.45, 2.75) is 32.7 Å². The zero-order chi connectivity index (χ0) is 22.9. The van der Waals surface area contributed by atoms with E-state index in [1.165, 1.54) is 18.3 Å². The van der Waals surface area contributed by atoms with Crippen molar-refractivity contribution in [1.29, 1.82) is 0 Å². The summed E-state index contributed by atoms with van der Waals surface area (Å²) in [6, 6.07) is 20.9. The van der Waals surface area contributed by atoms with E-state index in [1.807, 2.05) is 30.3 Å². The molecule has 0 fully saturated rings. The second-order valence-electron chi connectivity index (χ2n) is 7.73. The van der Waals surface area contributed by atoms with Gasteiger partial charge in [-0.2, -0.15) is 0 Å². The van der Waals surface area contributed by atoms with E-state index in [-0.39, 0.29) is 29.7 Å². The molecule has 0 saturated heterocycles. The highest BCUT2D eigenvalue weighted by atomic mass is 16.5. The first-order valence-corrected chi connectivity index (χ1v) is 10.7. The van der Waals surface area contributed by atoms with Gasteiger partial charge in [-0.25, -0.2) is 4.98 Å². The smallest absolute Gasteiger partial charge is 0.308 e. The summed E-state index contributed by atoms with van der Waals surface area (Å²) in [5, 5.41) is 12.6. The fraction of sp³-hybridized carbons (Fsp3) is 0.269. The Morgan fingerprint density at radius 1 is 1.03 bits per heavy atom. The van der Waals surface area contributed by atoms with Crippen molar-refractivity contribution in [3.05, 3.63) is 84.1 Å². The molecule has 3 aromatic rings. The van der Waals surface area contributed by atoms with Crippen molar-refractivity contribution in [3.63, 3.8) is 0 Å². The van der Waals surface area contributed by atoms with E-state index >= 15 is 0 Å². The summed E-state index contributed by atoms with van der Waals surface area (Å²) in [4.78, 5) is 28.6. The molecule has 0 aliphatic heterocycles.